The smallest absolute Gasteiger partial charge is 0.408 e. The number of benzene rings is 1. The Morgan fingerprint density at radius 1 is 1.11 bits per heavy atom. The quantitative estimate of drug-likeness (QED) is 0.232. The molecule has 16 heteroatoms. The summed E-state index contributed by atoms with van der Waals surface area (Å²) in [5.74, 6) is -1.93. The summed E-state index contributed by atoms with van der Waals surface area (Å²) in [4.78, 5) is 61.2. The number of pyridine rings is 1. The molecule has 4 amide bonds. The maximum absolute atomic E-state index is 14.5. The molecule has 1 aromatic carbocycles. The van der Waals surface area contributed by atoms with Crippen LogP contribution >= 0.6 is 0 Å². The van der Waals surface area contributed by atoms with E-state index in [1.165, 1.54) is 11.0 Å². The third-order valence-corrected chi connectivity index (χ3v) is 10.9. The third kappa shape index (κ3) is 9.25. The van der Waals surface area contributed by atoms with Crippen LogP contribution in [0.5, 0.6) is 11.6 Å². The number of hydrogen-bond donors (Lipinski definition) is 3. The standard InChI is InChI=1S/C38H53N5O10S/c1-10-15-37(16-17-37)53-54(48,49)42-33(46)38(21-24(38)11-2)41-30(44)28-20-26(51-31-27-13-12-25(50-9)19-23(27)14-18-39-31)22-43(28)32(45)29(35(3,4)5)40-34(47)52-36(6,7)8/h11-14,18-19,24,26,28-29H,2,10,15-17,20-22H2,1,3-9H3,(H,40,47)(H,41,44)(H,42,46)/t24-,26-,28+,29-,38-/m1/s1. The molecule has 5 atom stereocenters. The van der Waals surface area contributed by atoms with E-state index in [-0.39, 0.29) is 25.3 Å². The predicted octanol–water partition coefficient (Wildman–Crippen LogP) is 4.30. The fourth-order valence-corrected chi connectivity index (χ4v) is 8.05. The van der Waals surface area contributed by atoms with Crippen molar-refractivity contribution in [1.29, 1.82) is 0 Å². The van der Waals surface area contributed by atoms with Gasteiger partial charge in [0, 0.05) is 23.9 Å². The number of carbonyl (C=O) groups excluding carboxylic acids is 4. The summed E-state index contributed by atoms with van der Waals surface area (Å²) in [5.41, 5.74) is -4.16. The zero-order valence-electron chi connectivity index (χ0n) is 32.3. The first-order valence-electron chi connectivity index (χ1n) is 18.3. The van der Waals surface area contributed by atoms with E-state index in [2.05, 4.69) is 22.2 Å². The highest BCUT2D eigenvalue weighted by atomic mass is 32.2. The molecule has 1 aromatic heterocycles. The Bertz CT molecular complexity index is 1900. The molecule has 2 aromatic rings. The van der Waals surface area contributed by atoms with Crippen LogP contribution in [-0.4, -0.2) is 90.7 Å². The second kappa shape index (κ2) is 15.0. The molecule has 2 aliphatic carbocycles. The van der Waals surface area contributed by atoms with Gasteiger partial charge in [-0.1, -0.05) is 40.2 Å². The lowest BCUT2D eigenvalue weighted by molar-refractivity contribution is -0.143. The number of fused-ring (bicyclic) bond motifs is 1. The summed E-state index contributed by atoms with van der Waals surface area (Å²) in [6.45, 7) is 16.0. The summed E-state index contributed by atoms with van der Waals surface area (Å²) in [6.07, 6.45) is 3.92. The Morgan fingerprint density at radius 2 is 1.81 bits per heavy atom. The summed E-state index contributed by atoms with van der Waals surface area (Å²) in [6, 6.07) is 4.88. The number of hydrogen-bond acceptors (Lipinski definition) is 11. The Morgan fingerprint density at radius 3 is 2.39 bits per heavy atom. The number of alkyl carbamates (subject to hydrolysis) is 1. The molecule has 54 heavy (non-hydrogen) atoms. The molecule has 2 heterocycles. The van der Waals surface area contributed by atoms with Gasteiger partial charge in [-0.15, -0.1) is 6.58 Å². The van der Waals surface area contributed by atoms with Crippen LogP contribution in [0.2, 0.25) is 0 Å². The number of carbonyl (C=O) groups is 4. The summed E-state index contributed by atoms with van der Waals surface area (Å²) in [5, 5.41) is 6.94. The van der Waals surface area contributed by atoms with Gasteiger partial charge in [0.15, 0.2) is 0 Å². The first-order chi connectivity index (χ1) is 25.1. The van der Waals surface area contributed by atoms with Crippen LogP contribution in [0.1, 0.15) is 87.0 Å². The van der Waals surface area contributed by atoms with Gasteiger partial charge in [0.2, 0.25) is 17.7 Å². The average Bonchev–Trinajstić information content (AvgIpc) is 3.95. The van der Waals surface area contributed by atoms with Crippen molar-refractivity contribution in [3.05, 3.63) is 43.1 Å². The molecular weight excluding hydrogens is 719 g/mol. The highest BCUT2D eigenvalue weighted by molar-refractivity contribution is 7.85. The fraction of sp³-hybridized carbons (Fsp3) is 0.605. The first-order valence-corrected chi connectivity index (χ1v) is 19.7. The van der Waals surface area contributed by atoms with Crippen molar-refractivity contribution in [3.63, 3.8) is 0 Å². The third-order valence-electron chi connectivity index (χ3n) is 9.90. The van der Waals surface area contributed by atoms with Crippen LogP contribution in [0.25, 0.3) is 10.8 Å². The summed E-state index contributed by atoms with van der Waals surface area (Å²) >= 11 is 0. The molecule has 2 saturated carbocycles. The minimum atomic E-state index is -4.51. The number of methoxy groups -OCH3 is 1. The second-order valence-electron chi connectivity index (χ2n) is 16.5. The lowest BCUT2D eigenvalue weighted by Crippen LogP contribution is -2.60. The molecule has 3 N–H and O–H groups in total. The lowest BCUT2D eigenvalue weighted by atomic mass is 9.85. The van der Waals surface area contributed by atoms with E-state index in [0.29, 0.717) is 36.8 Å². The predicted molar refractivity (Wildman–Crippen MR) is 200 cm³/mol. The molecule has 0 spiro atoms. The summed E-state index contributed by atoms with van der Waals surface area (Å²) in [7, 11) is -2.94. The number of ether oxygens (including phenoxy) is 3. The molecule has 0 unspecified atom stereocenters. The topological polar surface area (TPSA) is 192 Å². The zero-order chi connectivity index (χ0) is 39.9. The van der Waals surface area contributed by atoms with E-state index >= 15 is 0 Å². The Kier molecular flexibility index (Phi) is 11.3. The highest BCUT2D eigenvalue weighted by Gasteiger charge is 2.62. The molecular formula is C38H53N5O10S. The van der Waals surface area contributed by atoms with Crippen molar-refractivity contribution in [2.75, 3.05) is 13.7 Å². The van der Waals surface area contributed by atoms with Crippen LogP contribution in [-0.2, 0) is 33.6 Å². The highest BCUT2D eigenvalue weighted by Crippen LogP contribution is 2.47. The molecule has 5 rings (SSSR count). The largest absolute Gasteiger partial charge is 0.497 e. The lowest BCUT2D eigenvalue weighted by Gasteiger charge is -2.36. The molecule has 0 radical (unpaired) electrons. The molecule has 15 nitrogen and oxygen atoms in total. The monoisotopic (exact) mass is 771 g/mol. The van der Waals surface area contributed by atoms with Crippen LogP contribution < -0.4 is 24.8 Å². The number of rotatable bonds is 14. The van der Waals surface area contributed by atoms with Gasteiger partial charge in [-0.05, 0) is 81.5 Å². The van der Waals surface area contributed by atoms with E-state index in [0.717, 1.165) is 5.39 Å². The van der Waals surface area contributed by atoms with Crippen LogP contribution in [0.3, 0.4) is 0 Å². The fourth-order valence-electron chi connectivity index (χ4n) is 6.89. The van der Waals surface area contributed by atoms with Gasteiger partial charge in [0.1, 0.15) is 35.1 Å². The molecule has 1 aliphatic heterocycles. The van der Waals surface area contributed by atoms with Gasteiger partial charge in [-0.2, -0.15) is 8.42 Å². The van der Waals surface area contributed by atoms with E-state index in [1.807, 2.05) is 17.7 Å². The van der Waals surface area contributed by atoms with Gasteiger partial charge in [-0.25, -0.2) is 18.7 Å². The van der Waals surface area contributed by atoms with E-state index in [1.54, 1.807) is 73.0 Å². The van der Waals surface area contributed by atoms with Crippen LogP contribution in [0.15, 0.2) is 43.1 Å². The maximum atomic E-state index is 14.5. The van der Waals surface area contributed by atoms with Gasteiger partial charge < -0.3 is 29.7 Å². The van der Waals surface area contributed by atoms with E-state index in [9.17, 15) is 27.6 Å². The Balaban J connectivity index is 1.43. The van der Waals surface area contributed by atoms with E-state index in [4.69, 9.17) is 18.4 Å². The van der Waals surface area contributed by atoms with E-state index < -0.39 is 80.4 Å². The van der Waals surface area contributed by atoms with Gasteiger partial charge in [-0.3, -0.25) is 14.4 Å². The molecule has 3 fully saturated rings. The number of nitrogens with one attached hydrogen (secondary N) is 3. The minimum Gasteiger partial charge on any atom is -0.497 e. The average molecular weight is 772 g/mol. The molecule has 0 bridgehead atoms. The van der Waals surface area contributed by atoms with Crippen LogP contribution in [0.4, 0.5) is 4.79 Å². The Labute approximate surface area is 317 Å². The summed E-state index contributed by atoms with van der Waals surface area (Å²) < 4.78 is 50.6. The molecule has 296 valence electrons. The minimum absolute atomic E-state index is 0.00744. The maximum Gasteiger partial charge on any atom is 0.408 e. The second-order valence-corrected chi connectivity index (χ2v) is 17.8. The van der Waals surface area contributed by atoms with Crippen molar-refractivity contribution in [2.24, 2.45) is 11.3 Å². The van der Waals surface area contributed by atoms with Gasteiger partial charge >= 0.3 is 16.4 Å². The zero-order valence-corrected chi connectivity index (χ0v) is 33.1. The van der Waals surface area contributed by atoms with Crippen molar-refractivity contribution in [2.45, 2.75) is 122 Å². The molecule has 1 saturated heterocycles. The number of aromatic nitrogens is 1. The van der Waals surface area contributed by atoms with Crippen molar-refractivity contribution < 1.29 is 46.0 Å². The van der Waals surface area contributed by atoms with Gasteiger partial charge in [0.25, 0.3) is 5.91 Å². The Hall–Kier alpha value is -4.44. The molecule has 3 aliphatic rings. The van der Waals surface area contributed by atoms with Crippen LogP contribution in [0, 0.1) is 11.3 Å². The van der Waals surface area contributed by atoms with Gasteiger partial charge in [0.05, 0.1) is 19.3 Å². The van der Waals surface area contributed by atoms with Crippen molar-refractivity contribution in [1.82, 2.24) is 25.2 Å². The van der Waals surface area contributed by atoms with Crippen molar-refractivity contribution in [3.8, 4) is 11.6 Å². The first kappa shape index (κ1) is 40.7. The number of nitrogens with zero attached hydrogens (tertiary/aromatic N) is 2. The number of amides is 4. The normalized spacial score (nSPS) is 23.9. The van der Waals surface area contributed by atoms with Crippen molar-refractivity contribution >= 4 is 44.9 Å². The SMILES string of the molecule is C=C[C@@H]1C[C@]1(NC(=O)[C@@H]1C[C@@H](Oc2nccc3cc(OC)ccc23)CN1C(=O)[C@@H](NC(=O)OC(C)(C)C)C(C)(C)C)C(=O)NS(=O)(=O)OC1(CCC)CC1. The number of likely N-dealkylation sites (tertiary alicyclic amines) is 1.